The number of amides is 1. The van der Waals surface area contributed by atoms with Gasteiger partial charge in [0.1, 0.15) is 12.4 Å². The van der Waals surface area contributed by atoms with Gasteiger partial charge in [0.15, 0.2) is 5.75 Å². The first kappa shape index (κ1) is 22.9. The Morgan fingerprint density at radius 1 is 1.06 bits per heavy atom. The second-order valence-electron chi connectivity index (χ2n) is 7.79. The van der Waals surface area contributed by atoms with Gasteiger partial charge in [0.2, 0.25) is 11.3 Å². The topological polar surface area (TPSA) is 80.4 Å². The molecule has 0 radical (unpaired) electrons. The monoisotopic (exact) mass is 432 g/mol. The van der Waals surface area contributed by atoms with Gasteiger partial charge >= 0.3 is 0 Å². The molecule has 3 rings (SSSR count). The number of pyridine rings is 1. The highest BCUT2D eigenvalue weighted by atomic mass is 16.5. The van der Waals surface area contributed by atoms with Crippen LogP contribution in [-0.4, -0.2) is 17.5 Å². The van der Waals surface area contributed by atoms with Crippen molar-refractivity contribution in [2.75, 3.05) is 6.61 Å². The van der Waals surface area contributed by atoms with Crippen LogP contribution in [-0.2, 0) is 17.9 Å². The summed E-state index contributed by atoms with van der Waals surface area (Å²) < 4.78 is 11.3. The lowest BCUT2D eigenvalue weighted by molar-refractivity contribution is -0.116. The fraction of sp³-hybridized carbons (Fsp3) is 0.231. The van der Waals surface area contributed by atoms with E-state index >= 15 is 0 Å². The number of benzene rings is 2. The van der Waals surface area contributed by atoms with Crippen LogP contribution in [0.5, 0.6) is 11.5 Å². The lowest BCUT2D eigenvalue weighted by Crippen LogP contribution is -2.22. The number of H-pyrrole nitrogens is 1. The molecule has 0 unspecified atom stereocenters. The Balaban J connectivity index is 1.50. The van der Waals surface area contributed by atoms with E-state index in [0.29, 0.717) is 24.8 Å². The molecule has 0 aliphatic heterocycles. The fourth-order valence-electron chi connectivity index (χ4n) is 2.83. The van der Waals surface area contributed by atoms with E-state index in [9.17, 15) is 9.59 Å². The minimum absolute atomic E-state index is 0.211. The second-order valence-corrected chi connectivity index (χ2v) is 7.79. The minimum atomic E-state index is -0.262. The Morgan fingerprint density at radius 2 is 1.88 bits per heavy atom. The molecule has 0 aliphatic rings. The van der Waals surface area contributed by atoms with Gasteiger partial charge < -0.3 is 19.8 Å². The summed E-state index contributed by atoms with van der Waals surface area (Å²) in [6.07, 6.45) is 4.70. The van der Waals surface area contributed by atoms with Crippen LogP contribution in [0.1, 0.15) is 30.7 Å². The van der Waals surface area contributed by atoms with Gasteiger partial charge in [-0.2, -0.15) is 0 Å². The molecular weight excluding hydrogens is 404 g/mol. The number of nitrogens with one attached hydrogen (secondary N) is 2. The van der Waals surface area contributed by atoms with E-state index in [0.717, 1.165) is 16.9 Å². The lowest BCUT2D eigenvalue weighted by Gasteiger charge is -2.09. The summed E-state index contributed by atoms with van der Waals surface area (Å²) in [6.45, 7) is 5.19. The summed E-state index contributed by atoms with van der Waals surface area (Å²) in [5.41, 5.74) is 2.33. The van der Waals surface area contributed by atoms with Gasteiger partial charge in [0.05, 0.1) is 13.2 Å². The van der Waals surface area contributed by atoms with Crippen molar-refractivity contribution in [3.63, 3.8) is 0 Å². The van der Waals surface area contributed by atoms with Crippen molar-refractivity contribution in [1.82, 2.24) is 10.3 Å². The standard InChI is InChI=1S/C26H28N2O4/c1-19(2)17-32-25-16-27-22(14-24(25)29)15-28-26(30)12-11-20-9-6-10-23(13-20)31-18-21-7-4-3-5-8-21/h3-14,16,19H,15,17-18H2,1-2H3,(H,27,29)(H,28,30)/b12-11+. The van der Waals surface area contributed by atoms with Gasteiger partial charge in [-0.05, 0) is 35.3 Å². The number of hydrogen-bond acceptors (Lipinski definition) is 4. The molecule has 0 aliphatic carbocycles. The number of carbonyl (C=O) groups is 1. The summed E-state index contributed by atoms with van der Waals surface area (Å²) >= 11 is 0. The summed E-state index contributed by atoms with van der Waals surface area (Å²) in [4.78, 5) is 27.3. The highest BCUT2D eigenvalue weighted by molar-refractivity contribution is 5.91. The maximum atomic E-state index is 12.2. The number of aromatic nitrogens is 1. The largest absolute Gasteiger partial charge is 0.489 e. The molecule has 2 N–H and O–H groups in total. The Labute approximate surface area is 187 Å². The molecular formula is C26H28N2O4. The molecule has 0 fully saturated rings. The zero-order valence-corrected chi connectivity index (χ0v) is 18.3. The zero-order valence-electron chi connectivity index (χ0n) is 18.3. The molecule has 0 spiro atoms. The maximum Gasteiger partial charge on any atom is 0.244 e. The Bertz CT molecular complexity index is 1100. The predicted molar refractivity (Wildman–Crippen MR) is 125 cm³/mol. The van der Waals surface area contributed by atoms with Gasteiger partial charge in [-0.15, -0.1) is 0 Å². The van der Waals surface area contributed by atoms with Crippen LogP contribution in [0.3, 0.4) is 0 Å². The van der Waals surface area contributed by atoms with E-state index in [4.69, 9.17) is 9.47 Å². The predicted octanol–water partition coefficient (Wildman–Crippen LogP) is 4.32. The lowest BCUT2D eigenvalue weighted by atomic mass is 10.2. The number of hydrogen-bond donors (Lipinski definition) is 2. The van der Waals surface area contributed by atoms with Crippen molar-refractivity contribution in [1.29, 1.82) is 0 Å². The van der Waals surface area contributed by atoms with Crippen molar-refractivity contribution in [3.05, 3.63) is 100.0 Å². The van der Waals surface area contributed by atoms with Gasteiger partial charge in [-0.3, -0.25) is 9.59 Å². The third kappa shape index (κ3) is 7.47. The van der Waals surface area contributed by atoms with Gasteiger partial charge in [0, 0.05) is 24.0 Å². The van der Waals surface area contributed by atoms with E-state index in [1.54, 1.807) is 6.08 Å². The molecule has 1 amide bonds. The molecule has 1 aromatic heterocycles. The second kappa shape index (κ2) is 11.6. The van der Waals surface area contributed by atoms with Crippen molar-refractivity contribution in [3.8, 4) is 11.5 Å². The van der Waals surface area contributed by atoms with Crippen molar-refractivity contribution >= 4 is 12.0 Å². The first-order chi connectivity index (χ1) is 15.5. The Kier molecular flexibility index (Phi) is 8.26. The minimum Gasteiger partial charge on any atom is -0.489 e. The van der Waals surface area contributed by atoms with Gasteiger partial charge in [-0.25, -0.2) is 0 Å². The molecule has 2 aromatic carbocycles. The van der Waals surface area contributed by atoms with Crippen molar-refractivity contribution in [2.45, 2.75) is 27.0 Å². The Hall–Kier alpha value is -3.80. The third-order valence-electron chi connectivity index (χ3n) is 4.50. The highest BCUT2D eigenvalue weighted by Crippen LogP contribution is 2.16. The summed E-state index contributed by atoms with van der Waals surface area (Å²) in [7, 11) is 0. The summed E-state index contributed by atoms with van der Waals surface area (Å²) in [6, 6.07) is 18.9. The molecule has 32 heavy (non-hydrogen) atoms. The van der Waals surface area contributed by atoms with Crippen LogP contribution >= 0.6 is 0 Å². The van der Waals surface area contributed by atoms with Crippen LogP contribution in [0.2, 0.25) is 0 Å². The molecule has 3 aromatic rings. The summed E-state index contributed by atoms with van der Waals surface area (Å²) in [5.74, 6) is 1.08. The van der Waals surface area contributed by atoms with Gasteiger partial charge in [-0.1, -0.05) is 56.3 Å². The van der Waals surface area contributed by atoms with Crippen molar-refractivity contribution < 1.29 is 14.3 Å². The van der Waals surface area contributed by atoms with Crippen LogP contribution in [0.25, 0.3) is 6.08 Å². The van der Waals surface area contributed by atoms with Crippen LogP contribution in [0, 0.1) is 5.92 Å². The van der Waals surface area contributed by atoms with E-state index in [1.165, 1.54) is 18.3 Å². The maximum absolute atomic E-state index is 12.2. The number of ether oxygens (including phenoxy) is 2. The summed E-state index contributed by atoms with van der Waals surface area (Å²) in [5, 5.41) is 2.76. The molecule has 6 heteroatoms. The SMILES string of the molecule is CC(C)COc1c[nH]c(CNC(=O)/C=C/c2cccc(OCc3ccccc3)c2)cc1=O. The third-order valence-corrected chi connectivity index (χ3v) is 4.50. The van der Waals surface area contributed by atoms with E-state index in [1.807, 2.05) is 68.4 Å². The molecule has 6 nitrogen and oxygen atoms in total. The smallest absolute Gasteiger partial charge is 0.244 e. The van der Waals surface area contributed by atoms with Crippen molar-refractivity contribution in [2.24, 2.45) is 5.92 Å². The first-order valence-electron chi connectivity index (χ1n) is 10.6. The fourth-order valence-corrected chi connectivity index (χ4v) is 2.83. The molecule has 0 atom stereocenters. The average molecular weight is 433 g/mol. The quantitative estimate of drug-likeness (QED) is 0.468. The Morgan fingerprint density at radius 3 is 2.62 bits per heavy atom. The molecule has 0 saturated carbocycles. The van der Waals surface area contributed by atoms with Gasteiger partial charge in [0.25, 0.3) is 0 Å². The molecule has 0 bridgehead atoms. The van der Waals surface area contributed by atoms with E-state index < -0.39 is 0 Å². The average Bonchev–Trinajstić information content (AvgIpc) is 2.80. The number of aromatic amines is 1. The molecule has 1 heterocycles. The first-order valence-corrected chi connectivity index (χ1v) is 10.6. The van der Waals surface area contributed by atoms with E-state index in [-0.39, 0.29) is 23.6 Å². The highest BCUT2D eigenvalue weighted by Gasteiger charge is 2.05. The number of rotatable bonds is 10. The zero-order chi connectivity index (χ0) is 22.8. The van der Waals surface area contributed by atoms with Crippen LogP contribution in [0.15, 0.2) is 77.7 Å². The normalized spacial score (nSPS) is 11.0. The number of carbonyl (C=O) groups excluding carboxylic acids is 1. The van der Waals surface area contributed by atoms with E-state index in [2.05, 4.69) is 10.3 Å². The van der Waals surface area contributed by atoms with Crippen LogP contribution in [0.4, 0.5) is 0 Å². The molecule has 0 saturated heterocycles. The van der Waals surface area contributed by atoms with Crippen LogP contribution < -0.4 is 20.2 Å². The molecule has 166 valence electrons.